The molecule has 0 unspecified atom stereocenters. The summed E-state index contributed by atoms with van der Waals surface area (Å²) in [7, 11) is 4.50. The van der Waals surface area contributed by atoms with E-state index >= 15 is 0 Å². The van der Waals surface area contributed by atoms with Gasteiger partial charge in [0.25, 0.3) is 5.91 Å². The molecule has 3 rings (SSSR count). The van der Waals surface area contributed by atoms with Crippen LogP contribution in [0.5, 0.6) is 17.2 Å². The molecular weight excluding hydrogens is 340 g/mol. The number of aromatic nitrogens is 5. The second-order valence-corrected chi connectivity index (χ2v) is 4.98. The first-order chi connectivity index (χ1) is 12.7. The summed E-state index contributed by atoms with van der Waals surface area (Å²) in [5.41, 5.74) is 0.606. The first-order valence-electron chi connectivity index (χ1n) is 7.46. The van der Waals surface area contributed by atoms with Crippen LogP contribution >= 0.6 is 0 Å². The van der Waals surface area contributed by atoms with Crippen molar-refractivity contribution in [3.05, 3.63) is 42.6 Å². The van der Waals surface area contributed by atoms with E-state index in [0.717, 1.165) is 0 Å². The lowest BCUT2D eigenvalue weighted by Gasteiger charge is -2.14. The average Bonchev–Trinajstić information content (AvgIpc) is 3.22. The zero-order chi connectivity index (χ0) is 18.5. The number of nitrogens with zero attached hydrogens (tertiary/aromatic N) is 5. The Morgan fingerprint density at radius 2 is 1.77 bits per heavy atom. The van der Waals surface area contributed by atoms with Crippen molar-refractivity contribution in [3.8, 4) is 23.1 Å². The summed E-state index contributed by atoms with van der Waals surface area (Å²) < 4.78 is 17.2. The van der Waals surface area contributed by atoms with Crippen molar-refractivity contribution < 1.29 is 19.0 Å². The summed E-state index contributed by atoms with van der Waals surface area (Å²) in [5, 5.41) is 14.5. The number of benzene rings is 1. The normalized spacial score (nSPS) is 10.3. The highest BCUT2D eigenvalue weighted by Crippen LogP contribution is 2.39. The van der Waals surface area contributed by atoms with E-state index in [4.69, 9.17) is 14.2 Å². The average molecular weight is 356 g/mol. The second-order valence-electron chi connectivity index (χ2n) is 4.98. The fourth-order valence-corrected chi connectivity index (χ4v) is 2.24. The van der Waals surface area contributed by atoms with Crippen LogP contribution in [0.15, 0.2) is 36.9 Å². The molecule has 0 saturated carbocycles. The summed E-state index contributed by atoms with van der Waals surface area (Å²) in [6.07, 6.45) is 2.87. The fourth-order valence-electron chi connectivity index (χ4n) is 2.24. The number of nitrogens with one attached hydrogen (secondary N) is 1. The Balaban J connectivity index is 1.81. The number of hydrogen-bond acceptors (Lipinski definition) is 8. The minimum atomic E-state index is -0.433. The van der Waals surface area contributed by atoms with Crippen LogP contribution in [0.2, 0.25) is 0 Å². The molecule has 0 bridgehead atoms. The van der Waals surface area contributed by atoms with Gasteiger partial charge in [-0.2, -0.15) is 5.10 Å². The van der Waals surface area contributed by atoms with Gasteiger partial charge in [-0.25, -0.2) is 9.67 Å². The van der Waals surface area contributed by atoms with Crippen LogP contribution in [0.4, 0.5) is 5.69 Å². The minimum Gasteiger partial charge on any atom is -0.493 e. The number of carbonyl (C=O) groups excluding carboxylic acids is 1. The maximum absolute atomic E-state index is 12.4. The summed E-state index contributed by atoms with van der Waals surface area (Å²) in [4.78, 5) is 16.2. The molecule has 0 fully saturated rings. The number of anilines is 1. The van der Waals surface area contributed by atoms with Gasteiger partial charge >= 0.3 is 0 Å². The Morgan fingerprint density at radius 3 is 2.27 bits per heavy atom. The van der Waals surface area contributed by atoms with Crippen LogP contribution in [-0.2, 0) is 0 Å². The van der Waals surface area contributed by atoms with E-state index in [2.05, 4.69) is 25.6 Å². The van der Waals surface area contributed by atoms with Crippen LogP contribution in [0, 0.1) is 0 Å². The molecule has 0 radical (unpaired) electrons. The third-order valence-electron chi connectivity index (χ3n) is 3.46. The largest absolute Gasteiger partial charge is 0.493 e. The molecule has 1 aromatic carbocycles. The standard InChI is InChI=1S/C16H16N6O4/c1-24-12-6-10(7-13(25-2)15(12)26-3)19-16(23)11-4-5-14(21-20-11)22-9-17-8-18-22/h4-9H,1-3H3,(H,19,23). The van der Waals surface area contributed by atoms with Crippen LogP contribution in [0.3, 0.4) is 0 Å². The van der Waals surface area contributed by atoms with Crippen molar-refractivity contribution in [2.24, 2.45) is 0 Å². The van der Waals surface area contributed by atoms with E-state index in [9.17, 15) is 4.79 Å². The van der Waals surface area contributed by atoms with Crippen molar-refractivity contribution in [1.82, 2.24) is 25.0 Å². The van der Waals surface area contributed by atoms with Gasteiger partial charge in [0.15, 0.2) is 23.0 Å². The van der Waals surface area contributed by atoms with Gasteiger partial charge < -0.3 is 19.5 Å². The lowest BCUT2D eigenvalue weighted by atomic mass is 10.2. The molecule has 2 aromatic heterocycles. The molecular formula is C16H16N6O4. The molecule has 10 nitrogen and oxygen atoms in total. The van der Waals surface area contributed by atoms with E-state index in [1.807, 2.05) is 0 Å². The number of carbonyl (C=O) groups is 1. The smallest absolute Gasteiger partial charge is 0.276 e. The highest BCUT2D eigenvalue weighted by molar-refractivity contribution is 6.03. The zero-order valence-electron chi connectivity index (χ0n) is 14.3. The minimum absolute atomic E-state index is 0.141. The van der Waals surface area contributed by atoms with Crippen molar-refractivity contribution in [1.29, 1.82) is 0 Å². The monoisotopic (exact) mass is 356 g/mol. The molecule has 1 N–H and O–H groups in total. The maximum atomic E-state index is 12.4. The zero-order valence-corrected chi connectivity index (χ0v) is 14.3. The lowest BCUT2D eigenvalue weighted by Crippen LogP contribution is -2.15. The van der Waals surface area contributed by atoms with Crippen molar-refractivity contribution in [2.45, 2.75) is 0 Å². The highest BCUT2D eigenvalue weighted by atomic mass is 16.5. The number of rotatable bonds is 6. The molecule has 0 aliphatic heterocycles. The van der Waals surface area contributed by atoms with Gasteiger partial charge in [-0.15, -0.1) is 10.2 Å². The van der Waals surface area contributed by atoms with E-state index in [-0.39, 0.29) is 5.69 Å². The SMILES string of the molecule is COc1cc(NC(=O)c2ccc(-n3cncn3)nn2)cc(OC)c1OC. The highest BCUT2D eigenvalue weighted by Gasteiger charge is 2.16. The predicted octanol–water partition coefficient (Wildman–Crippen LogP) is 1.34. The third kappa shape index (κ3) is 3.38. The molecule has 134 valence electrons. The topological polar surface area (TPSA) is 113 Å². The fraction of sp³-hybridized carbons (Fsp3) is 0.188. The predicted molar refractivity (Wildman–Crippen MR) is 91.0 cm³/mol. The third-order valence-corrected chi connectivity index (χ3v) is 3.46. The Bertz CT molecular complexity index is 871. The van der Waals surface area contributed by atoms with Gasteiger partial charge in [-0.05, 0) is 12.1 Å². The summed E-state index contributed by atoms with van der Waals surface area (Å²) in [5.74, 6) is 1.30. The van der Waals surface area contributed by atoms with Crippen molar-refractivity contribution in [3.63, 3.8) is 0 Å². The van der Waals surface area contributed by atoms with Crippen molar-refractivity contribution in [2.75, 3.05) is 26.6 Å². The van der Waals surface area contributed by atoms with Crippen molar-refractivity contribution >= 4 is 11.6 Å². The molecule has 0 saturated heterocycles. The van der Waals surface area contributed by atoms with E-state index < -0.39 is 5.91 Å². The Labute approximate surface area is 148 Å². The van der Waals surface area contributed by atoms with E-state index in [0.29, 0.717) is 28.8 Å². The molecule has 26 heavy (non-hydrogen) atoms. The van der Waals surface area contributed by atoms with E-state index in [1.165, 1.54) is 44.7 Å². The van der Waals surface area contributed by atoms with Gasteiger partial charge in [0.2, 0.25) is 5.75 Å². The van der Waals surface area contributed by atoms with Gasteiger partial charge in [-0.1, -0.05) is 0 Å². The van der Waals surface area contributed by atoms with Crippen LogP contribution in [-0.4, -0.2) is 52.2 Å². The quantitative estimate of drug-likeness (QED) is 0.704. The maximum Gasteiger partial charge on any atom is 0.276 e. The van der Waals surface area contributed by atoms with Gasteiger partial charge in [-0.3, -0.25) is 4.79 Å². The van der Waals surface area contributed by atoms with E-state index in [1.54, 1.807) is 18.2 Å². The number of methoxy groups -OCH3 is 3. The number of hydrogen-bond donors (Lipinski definition) is 1. The first kappa shape index (κ1) is 17.1. The Morgan fingerprint density at radius 1 is 1.04 bits per heavy atom. The number of ether oxygens (including phenoxy) is 3. The van der Waals surface area contributed by atoms with Crippen LogP contribution < -0.4 is 19.5 Å². The molecule has 2 heterocycles. The Kier molecular flexibility index (Phi) is 4.92. The molecule has 10 heteroatoms. The molecule has 3 aromatic rings. The molecule has 0 spiro atoms. The van der Waals surface area contributed by atoms with Gasteiger partial charge in [0.1, 0.15) is 12.7 Å². The Hall–Kier alpha value is -3.69. The van der Waals surface area contributed by atoms with Gasteiger partial charge in [0.05, 0.1) is 21.3 Å². The summed E-state index contributed by atoms with van der Waals surface area (Å²) in [6, 6.07) is 6.40. The van der Waals surface area contributed by atoms with Crippen LogP contribution in [0.25, 0.3) is 5.82 Å². The molecule has 0 aliphatic carbocycles. The second kappa shape index (κ2) is 7.47. The summed E-state index contributed by atoms with van der Waals surface area (Å²) >= 11 is 0. The van der Waals surface area contributed by atoms with Crippen LogP contribution in [0.1, 0.15) is 10.5 Å². The summed E-state index contributed by atoms with van der Waals surface area (Å²) in [6.45, 7) is 0. The molecule has 0 atom stereocenters. The number of amides is 1. The van der Waals surface area contributed by atoms with Gasteiger partial charge in [0, 0.05) is 17.8 Å². The molecule has 1 amide bonds. The lowest BCUT2D eigenvalue weighted by molar-refractivity contribution is 0.102. The molecule has 0 aliphatic rings. The first-order valence-corrected chi connectivity index (χ1v) is 7.46.